The highest BCUT2D eigenvalue weighted by Gasteiger charge is 2.05. The third-order valence-corrected chi connectivity index (χ3v) is 2.22. The van der Waals surface area contributed by atoms with E-state index in [1.165, 1.54) is 0 Å². The fourth-order valence-corrected chi connectivity index (χ4v) is 1.60. The summed E-state index contributed by atoms with van der Waals surface area (Å²) in [5.41, 5.74) is 2.13. The van der Waals surface area contributed by atoms with Crippen LogP contribution in [0.4, 0.5) is 0 Å². The van der Waals surface area contributed by atoms with Gasteiger partial charge in [-0.2, -0.15) is 5.10 Å². The molecule has 0 aliphatic heterocycles. The Morgan fingerprint density at radius 1 is 1.21 bits per heavy atom. The van der Waals surface area contributed by atoms with E-state index >= 15 is 0 Å². The summed E-state index contributed by atoms with van der Waals surface area (Å²) in [6.07, 6.45) is 4.26. The lowest BCUT2D eigenvalue weighted by Crippen LogP contribution is -1.92. The number of aromatic nitrogens is 4. The Kier molecular flexibility index (Phi) is 2.52. The minimum atomic E-state index is 0.993. The number of nitrogens with zero attached hydrogens (tertiary/aromatic N) is 3. The number of aryl methyl sites for hydroxylation is 2. The molecule has 0 saturated carbocycles. The molecule has 0 radical (unpaired) electrons. The molecule has 0 aliphatic carbocycles. The SMILES string of the molecule is CCCc1cc2[nH]c(CCC)nn2n1. The smallest absolute Gasteiger partial charge is 0.155 e. The molecule has 76 valence electrons. The van der Waals surface area contributed by atoms with Crippen LogP contribution >= 0.6 is 0 Å². The highest BCUT2D eigenvalue weighted by molar-refractivity contribution is 5.38. The first-order valence-corrected chi connectivity index (χ1v) is 5.27. The number of nitrogens with one attached hydrogen (secondary N) is 1. The molecule has 0 unspecified atom stereocenters. The van der Waals surface area contributed by atoms with Gasteiger partial charge in [0.15, 0.2) is 5.65 Å². The maximum absolute atomic E-state index is 4.38. The monoisotopic (exact) mass is 192 g/mol. The Balaban J connectivity index is 2.26. The van der Waals surface area contributed by atoms with E-state index in [0.29, 0.717) is 0 Å². The van der Waals surface area contributed by atoms with Crippen LogP contribution in [0.2, 0.25) is 0 Å². The molecule has 2 rings (SSSR count). The van der Waals surface area contributed by atoms with Gasteiger partial charge in [-0.15, -0.1) is 9.73 Å². The fraction of sp³-hybridized carbons (Fsp3) is 0.600. The first-order valence-electron chi connectivity index (χ1n) is 5.27. The summed E-state index contributed by atoms with van der Waals surface area (Å²) in [6.45, 7) is 4.30. The summed E-state index contributed by atoms with van der Waals surface area (Å²) in [6, 6.07) is 2.08. The highest BCUT2D eigenvalue weighted by atomic mass is 15.5. The van der Waals surface area contributed by atoms with E-state index < -0.39 is 0 Å². The average molecular weight is 192 g/mol. The molecule has 0 spiro atoms. The second-order valence-corrected chi connectivity index (χ2v) is 3.58. The van der Waals surface area contributed by atoms with Crippen molar-refractivity contribution in [3.8, 4) is 0 Å². The molecule has 4 nitrogen and oxygen atoms in total. The van der Waals surface area contributed by atoms with Crippen LogP contribution in [0, 0.1) is 0 Å². The Labute approximate surface area is 83.3 Å². The predicted octanol–water partition coefficient (Wildman–Crippen LogP) is 1.96. The van der Waals surface area contributed by atoms with Gasteiger partial charge in [0.1, 0.15) is 5.82 Å². The van der Waals surface area contributed by atoms with Crippen molar-refractivity contribution in [2.45, 2.75) is 39.5 Å². The average Bonchev–Trinajstić information content (AvgIpc) is 2.62. The van der Waals surface area contributed by atoms with Gasteiger partial charge < -0.3 is 4.98 Å². The van der Waals surface area contributed by atoms with Crippen LogP contribution < -0.4 is 0 Å². The molecule has 1 N–H and O–H groups in total. The molecule has 0 amide bonds. The van der Waals surface area contributed by atoms with Gasteiger partial charge in [0.25, 0.3) is 0 Å². The van der Waals surface area contributed by atoms with Crippen LogP contribution in [0.3, 0.4) is 0 Å². The third kappa shape index (κ3) is 1.64. The van der Waals surface area contributed by atoms with Crippen molar-refractivity contribution in [1.82, 2.24) is 19.8 Å². The topological polar surface area (TPSA) is 46.0 Å². The first kappa shape index (κ1) is 9.24. The zero-order valence-corrected chi connectivity index (χ0v) is 8.75. The molecule has 0 aliphatic rings. The van der Waals surface area contributed by atoms with Gasteiger partial charge in [0, 0.05) is 12.5 Å². The summed E-state index contributed by atoms with van der Waals surface area (Å²) in [7, 11) is 0. The van der Waals surface area contributed by atoms with Crippen molar-refractivity contribution in [2.75, 3.05) is 0 Å². The molecule has 0 fully saturated rings. The second kappa shape index (κ2) is 3.82. The van der Waals surface area contributed by atoms with E-state index in [9.17, 15) is 0 Å². The molecule has 2 aromatic heterocycles. The van der Waals surface area contributed by atoms with Crippen LogP contribution in [0.1, 0.15) is 38.2 Å². The largest absolute Gasteiger partial charge is 0.325 e. The minimum Gasteiger partial charge on any atom is -0.325 e. The zero-order valence-electron chi connectivity index (χ0n) is 8.75. The number of aromatic amines is 1. The van der Waals surface area contributed by atoms with E-state index in [1.54, 1.807) is 4.63 Å². The van der Waals surface area contributed by atoms with E-state index in [2.05, 4.69) is 35.1 Å². The van der Waals surface area contributed by atoms with Gasteiger partial charge in [-0.1, -0.05) is 20.3 Å². The van der Waals surface area contributed by atoms with Crippen LogP contribution in [0.25, 0.3) is 5.65 Å². The maximum Gasteiger partial charge on any atom is 0.155 e. The van der Waals surface area contributed by atoms with Gasteiger partial charge in [-0.25, -0.2) is 0 Å². The third-order valence-electron chi connectivity index (χ3n) is 2.22. The lowest BCUT2D eigenvalue weighted by atomic mass is 10.2. The Bertz CT molecular complexity index is 346. The Morgan fingerprint density at radius 2 is 2.00 bits per heavy atom. The van der Waals surface area contributed by atoms with Gasteiger partial charge in [-0.3, -0.25) is 0 Å². The minimum absolute atomic E-state index is 0.993. The van der Waals surface area contributed by atoms with E-state index in [1.807, 2.05) is 0 Å². The summed E-state index contributed by atoms with van der Waals surface area (Å²) in [5, 5.41) is 8.74. The molecular weight excluding hydrogens is 176 g/mol. The first-order chi connectivity index (χ1) is 6.83. The highest BCUT2D eigenvalue weighted by Crippen LogP contribution is 2.07. The van der Waals surface area contributed by atoms with Crippen molar-refractivity contribution < 1.29 is 0 Å². The Morgan fingerprint density at radius 3 is 2.64 bits per heavy atom. The van der Waals surface area contributed by atoms with E-state index in [-0.39, 0.29) is 0 Å². The van der Waals surface area contributed by atoms with Crippen LogP contribution in [-0.4, -0.2) is 19.8 Å². The predicted molar refractivity (Wildman–Crippen MR) is 55.3 cm³/mol. The van der Waals surface area contributed by atoms with E-state index in [4.69, 9.17) is 0 Å². The quantitative estimate of drug-likeness (QED) is 0.805. The van der Waals surface area contributed by atoms with Crippen molar-refractivity contribution >= 4 is 5.65 Å². The summed E-state index contributed by atoms with van der Waals surface area (Å²) < 4.78 is 1.70. The van der Waals surface area contributed by atoms with Crippen molar-refractivity contribution in [2.24, 2.45) is 0 Å². The van der Waals surface area contributed by atoms with Crippen molar-refractivity contribution in [1.29, 1.82) is 0 Å². The molecular formula is C10H16N4. The summed E-state index contributed by atoms with van der Waals surface area (Å²) in [4.78, 5) is 3.26. The molecule has 0 atom stereocenters. The number of hydrogen-bond donors (Lipinski definition) is 1. The molecule has 2 aromatic rings. The number of H-pyrrole nitrogens is 1. The molecule has 2 heterocycles. The second-order valence-electron chi connectivity index (χ2n) is 3.58. The number of fused-ring (bicyclic) bond motifs is 1. The fourth-order valence-electron chi connectivity index (χ4n) is 1.60. The van der Waals surface area contributed by atoms with Crippen LogP contribution in [0.15, 0.2) is 6.07 Å². The lowest BCUT2D eigenvalue weighted by molar-refractivity contribution is 0.739. The molecule has 0 bridgehead atoms. The normalized spacial score (nSPS) is 11.3. The van der Waals surface area contributed by atoms with Gasteiger partial charge >= 0.3 is 0 Å². The molecule has 4 heteroatoms. The van der Waals surface area contributed by atoms with Gasteiger partial charge in [0.05, 0.1) is 5.69 Å². The molecule has 0 aromatic carbocycles. The Hall–Kier alpha value is -1.32. The van der Waals surface area contributed by atoms with E-state index in [0.717, 1.165) is 42.8 Å². The maximum atomic E-state index is 4.38. The number of rotatable bonds is 4. The van der Waals surface area contributed by atoms with Crippen LogP contribution in [-0.2, 0) is 12.8 Å². The summed E-state index contributed by atoms with van der Waals surface area (Å²) in [5.74, 6) is 1.03. The molecule has 0 saturated heterocycles. The standard InChI is InChI=1S/C10H16N4/c1-3-5-8-7-10-11-9(6-4-2)13-14(10)12-8/h7H,3-6H2,1-2H3,(H,11,13). The van der Waals surface area contributed by atoms with Gasteiger partial charge in [-0.05, 0) is 12.8 Å². The summed E-state index contributed by atoms with van der Waals surface area (Å²) >= 11 is 0. The van der Waals surface area contributed by atoms with Crippen LogP contribution in [0.5, 0.6) is 0 Å². The van der Waals surface area contributed by atoms with Crippen molar-refractivity contribution in [3.05, 3.63) is 17.6 Å². The lowest BCUT2D eigenvalue weighted by Gasteiger charge is -1.89. The van der Waals surface area contributed by atoms with Gasteiger partial charge in [0.2, 0.25) is 0 Å². The number of hydrogen-bond acceptors (Lipinski definition) is 2. The molecule has 14 heavy (non-hydrogen) atoms. The van der Waals surface area contributed by atoms with Crippen molar-refractivity contribution in [3.63, 3.8) is 0 Å². The zero-order chi connectivity index (χ0) is 9.97.